The second kappa shape index (κ2) is 5.57. The molecule has 19 heavy (non-hydrogen) atoms. The molecule has 0 spiro atoms. The molecule has 0 saturated heterocycles. The van der Waals surface area contributed by atoms with Crippen LogP contribution in [0.2, 0.25) is 0 Å². The number of carbonyl (C=O) groups excluding carboxylic acids is 1. The lowest BCUT2D eigenvalue weighted by molar-refractivity contribution is -0.122. The van der Waals surface area contributed by atoms with Crippen molar-refractivity contribution in [3.63, 3.8) is 0 Å². The van der Waals surface area contributed by atoms with E-state index in [4.69, 9.17) is 0 Å². The van der Waals surface area contributed by atoms with Crippen molar-refractivity contribution in [2.75, 3.05) is 6.54 Å². The second-order valence-corrected chi connectivity index (χ2v) is 5.97. The Morgan fingerprint density at radius 2 is 2.05 bits per heavy atom. The molecule has 1 aromatic heterocycles. The van der Waals surface area contributed by atoms with Gasteiger partial charge >= 0.3 is 0 Å². The van der Waals surface area contributed by atoms with Crippen LogP contribution in [0.5, 0.6) is 0 Å². The van der Waals surface area contributed by atoms with Gasteiger partial charge in [-0.25, -0.2) is 0 Å². The molecular formula is C16H17NOS. The minimum Gasteiger partial charge on any atom is -0.356 e. The van der Waals surface area contributed by atoms with Gasteiger partial charge in [-0.3, -0.25) is 4.79 Å². The van der Waals surface area contributed by atoms with Crippen molar-refractivity contribution in [2.24, 2.45) is 5.92 Å². The van der Waals surface area contributed by atoms with Crippen molar-refractivity contribution in [2.45, 2.75) is 18.8 Å². The Kier molecular flexibility index (Phi) is 3.65. The smallest absolute Gasteiger partial charge is 0.223 e. The lowest BCUT2D eigenvalue weighted by atomic mass is 10.1. The van der Waals surface area contributed by atoms with Crippen molar-refractivity contribution in [3.05, 3.63) is 58.3 Å². The quantitative estimate of drug-likeness (QED) is 0.889. The van der Waals surface area contributed by atoms with E-state index in [0.29, 0.717) is 5.92 Å². The fourth-order valence-electron chi connectivity index (χ4n) is 2.41. The SMILES string of the molecule is O=C(NCCc1ccccc1)C1CC1c1cccs1. The Morgan fingerprint density at radius 3 is 2.79 bits per heavy atom. The summed E-state index contributed by atoms with van der Waals surface area (Å²) in [6, 6.07) is 14.5. The molecule has 0 bridgehead atoms. The van der Waals surface area contributed by atoms with Gasteiger partial charge < -0.3 is 5.32 Å². The van der Waals surface area contributed by atoms with E-state index in [2.05, 4.69) is 35.0 Å². The fourth-order valence-corrected chi connectivity index (χ4v) is 3.31. The standard InChI is InChI=1S/C16H17NOS/c18-16(14-11-13(14)15-7-4-10-19-15)17-9-8-12-5-2-1-3-6-12/h1-7,10,13-14H,8-9,11H2,(H,17,18). The van der Waals surface area contributed by atoms with E-state index >= 15 is 0 Å². The Hall–Kier alpha value is -1.61. The van der Waals surface area contributed by atoms with Crippen molar-refractivity contribution in [1.29, 1.82) is 0 Å². The number of nitrogens with one attached hydrogen (secondary N) is 1. The fraction of sp³-hybridized carbons (Fsp3) is 0.312. The highest BCUT2D eigenvalue weighted by atomic mass is 32.1. The van der Waals surface area contributed by atoms with Gasteiger partial charge in [-0.1, -0.05) is 36.4 Å². The number of benzene rings is 1. The van der Waals surface area contributed by atoms with Crippen molar-refractivity contribution >= 4 is 17.2 Å². The average molecular weight is 271 g/mol. The zero-order valence-corrected chi connectivity index (χ0v) is 11.5. The van der Waals surface area contributed by atoms with Crippen molar-refractivity contribution in [1.82, 2.24) is 5.32 Å². The van der Waals surface area contributed by atoms with Crippen LogP contribution < -0.4 is 5.32 Å². The minimum absolute atomic E-state index is 0.203. The van der Waals surface area contributed by atoms with E-state index in [-0.39, 0.29) is 11.8 Å². The normalized spacial score (nSPS) is 21.1. The van der Waals surface area contributed by atoms with E-state index in [1.165, 1.54) is 10.4 Å². The third kappa shape index (κ3) is 3.04. The Morgan fingerprint density at radius 1 is 1.21 bits per heavy atom. The number of thiophene rings is 1. The van der Waals surface area contributed by atoms with Gasteiger partial charge in [0, 0.05) is 23.3 Å². The molecule has 3 heteroatoms. The molecule has 1 fully saturated rings. The molecule has 0 aliphatic heterocycles. The van der Waals surface area contributed by atoms with Crippen LogP contribution in [0.25, 0.3) is 0 Å². The molecule has 1 aromatic carbocycles. The highest BCUT2D eigenvalue weighted by Crippen LogP contribution is 2.49. The van der Waals surface area contributed by atoms with Crippen LogP contribution in [0, 0.1) is 5.92 Å². The van der Waals surface area contributed by atoms with Crippen LogP contribution in [0.1, 0.15) is 22.8 Å². The summed E-state index contributed by atoms with van der Waals surface area (Å²) in [5.74, 6) is 0.889. The van der Waals surface area contributed by atoms with Gasteiger partial charge in [-0.05, 0) is 29.9 Å². The van der Waals surface area contributed by atoms with Gasteiger partial charge in [0.1, 0.15) is 0 Å². The van der Waals surface area contributed by atoms with Crippen molar-refractivity contribution in [3.8, 4) is 0 Å². The van der Waals surface area contributed by atoms with Crippen LogP contribution in [0.4, 0.5) is 0 Å². The third-order valence-corrected chi connectivity index (χ3v) is 4.60. The zero-order chi connectivity index (χ0) is 13.1. The van der Waals surface area contributed by atoms with E-state index in [1.54, 1.807) is 11.3 Å². The number of amides is 1. The summed E-state index contributed by atoms with van der Waals surface area (Å²) in [6.07, 6.45) is 1.92. The molecule has 2 unspecified atom stereocenters. The number of hydrogen-bond donors (Lipinski definition) is 1. The largest absolute Gasteiger partial charge is 0.356 e. The maximum Gasteiger partial charge on any atom is 0.223 e. The molecule has 1 saturated carbocycles. The summed E-state index contributed by atoms with van der Waals surface area (Å²) in [7, 11) is 0. The molecule has 2 aromatic rings. The van der Waals surface area contributed by atoms with E-state index in [1.807, 2.05) is 18.2 Å². The molecule has 0 radical (unpaired) electrons. The van der Waals surface area contributed by atoms with Crippen LogP contribution in [-0.4, -0.2) is 12.5 Å². The van der Waals surface area contributed by atoms with E-state index < -0.39 is 0 Å². The number of carbonyl (C=O) groups is 1. The summed E-state index contributed by atoms with van der Waals surface area (Å²) in [5, 5.41) is 5.13. The van der Waals surface area contributed by atoms with Crippen LogP contribution >= 0.6 is 11.3 Å². The van der Waals surface area contributed by atoms with Gasteiger partial charge in [0.15, 0.2) is 0 Å². The van der Waals surface area contributed by atoms with Gasteiger partial charge in [-0.15, -0.1) is 11.3 Å². The molecule has 1 N–H and O–H groups in total. The average Bonchev–Trinajstić information content (AvgIpc) is 3.06. The van der Waals surface area contributed by atoms with Gasteiger partial charge in [-0.2, -0.15) is 0 Å². The third-order valence-electron chi connectivity index (χ3n) is 3.59. The highest BCUT2D eigenvalue weighted by molar-refractivity contribution is 7.10. The van der Waals surface area contributed by atoms with Gasteiger partial charge in [0.2, 0.25) is 5.91 Å². The van der Waals surface area contributed by atoms with Gasteiger partial charge in [0.25, 0.3) is 0 Å². The first-order valence-electron chi connectivity index (χ1n) is 6.69. The molecule has 1 aliphatic rings. The molecule has 98 valence electrons. The predicted octanol–water partition coefficient (Wildman–Crippen LogP) is 3.21. The summed E-state index contributed by atoms with van der Waals surface area (Å²) in [4.78, 5) is 13.3. The van der Waals surface area contributed by atoms with E-state index in [9.17, 15) is 4.79 Å². The van der Waals surface area contributed by atoms with Crippen LogP contribution in [-0.2, 0) is 11.2 Å². The molecule has 1 amide bonds. The lowest BCUT2D eigenvalue weighted by Gasteiger charge is -2.04. The zero-order valence-electron chi connectivity index (χ0n) is 10.7. The van der Waals surface area contributed by atoms with E-state index in [0.717, 1.165) is 19.4 Å². The first kappa shape index (κ1) is 12.4. The van der Waals surface area contributed by atoms with Crippen LogP contribution in [0.3, 0.4) is 0 Å². The minimum atomic E-state index is 0.203. The Labute approximate surface area is 117 Å². The van der Waals surface area contributed by atoms with Crippen LogP contribution in [0.15, 0.2) is 47.8 Å². The Balaban J connectivity index is 1.43. The topological polar surface area (TPSA) is 29.1 Å². The summed E-state index contributed by atoms with van der Waals surface area (Å²) in [6.45, 7) is 0.733. The monoisotopic (exact) mass is 271 g/mol. The first-order chi connectivity index (χ1) is 9.34. The number of rotatable bonds is 5. The summed E-state index contributed by atoms with van der Waals surface area (Å²) >= 11 is 1.76. The van der Waals surface area contributed by atoms with Gasteiger partial charge in [0.05, 0.1) is 0 Å². The highest BCUT2D eigenvalue weighted by Gasteiger charge is 2.44. The summed E-state index contributed by atoms with van der Waals surface area (Å²) in [5.41, 5.74) is 1.27. The number of hydrogen-bond acceptors (Lipinski definition) is 2. The second-order valence-electron chi connectivity index (χ2n) is 4.99. The maximum absolute atomic E-state index is 12.0. The molecule has 1 aliphatic carbocycles. The molecule has 2 nitrogen and oxygen atoms in total. The maximum atomic E-state index is 12.0. The predicted molar refractivity (Wildman–Crippen MR) is 78.3 cm³/mol. The Bertz CT molecular complexity index is 535. The lowest BCUT2D eigenvalue weighted by Crippen LogP contribution is -2.27. The molecule has 3 rings (SSSR count). The molecular weight excluding hydrogens is 254 g/mol. The molecule has 2 atom stereocenters. The first-order valence-corrected chi connectivity index (χ1v) is 7.57. The van der Waals surface area contributed by atoms with Crippen molar-refractivity contribution < 1.29 is 4.79 Å². The summed E-state index contributed by atoms with van der Waals surface area (Å²) < 4.78 is 0. The molecule has 1 heterocycles.